The molecule has 4 rings (SSSR count). The normalized spacial score (nSPS) is 31.6. The van der Waals surface area contributed by atoms with Crippen molar-refractivity contribution in [3.8, 4) is 0 Å². The number of ether oxygens (including phenoxy) is 1. The third-order valence-electron chi connectivity index (χ3n) is 5.84. The van der Waals surface area contributed by atoms with E-state index in [1.54, 1.807) is 4.57 Å². The molecule has 0 spiro atoms. The van der Waals surface area contributed by atoms with Gasteiger partial charge in [0.25, 0.3) is 0 Å². The zero-order valence-corrected chi connectivity index (χ0v) is 16.5. The Morgan fingerprint density at radius 1 is 1.21 bits per heavy atom. The van der Waals surface area contributed by atoms with Crippen LogP contribution in [0.15, 0.2) is 12.7 Å². The molecule has 1 saturated carbocycles. The van der Waals surface area contributed by atoms with Gasteiger partial charge in [0.1, 0.15) is 36.5 Å². The molecule has 0 aromatic carbocycles. The topological polar surface area (TPSA) is 140 Å². The number of aliphatic hydroxyl groups excluding tert-OH is 3. The Balaban J connectivity index is 1.64. The summed E-state index contributed by atoms with van der Waals surface area (Å²) in [6.45, 7) is -0.396. The van der Waals surface area contributed by atoms with Crippen molar-refractivity contribution in [3.05, 3.63) is 12.7 Å². The lowest BCUT2D eigenvalue weighted by Gasteiger charge is -2.33. The van der Waals surface area contributed by atoms with Crippen LogP contribution in [0.25, 0.3) is 11.2 Å². The molecule has 1 aliphatic carbocycles. The fourth-order valence-electron chi connectivity index (χ4n) is 4.24. The zero-order valence-electron chi connectivity index (χ0n) is 15.6. The molecule has 3 heterocycles. The van der Waals surface area contributed by atoms with Crippen molar-refractivity contribution in [3.63, 3.8) is 0 Å². The van der Waals surface area contributed by atoms with Gasteiger partial charge in [-0.05, 0) is 18.1 Å². The van der Waals surface area contributed by atoms with E-state index in [4.69, 9.17) is 10.5 Å². The maximum Gasteiger partial charge on any atom is 0.225 e. The summed E-state index contributed by atoms with van der Waals surface area (Å²) in [4.78, 5) is 12.5. The molecule has 0 radical (unpaired) electrons. The number of aliphatic hydroxyl groups is 3. The van der Waals surface area contributed by atoms with Gasteiger partial charge in [-0.15, -0.1) is 11.8 Å². The number of anilines is 1. The van der Waals surface area contributed by atoms with Gasteiger partial charge in [-0.25, -0.2) is 15.0 Å². The molecular weight excluding hydrogens is 382 g/mol. The van der Waals surface area contributed by atoms with Crippen molar-refractivity contribution in [2.75, 3.05) is 18.1 Å². The average Bonchev–Trinajstić information content (AvgIpc) is 3.25. The predicted molar refractivity (Wildman–Crippen MR) is 105 cm³/mol. The molecule has 2 aromatic heterocycles. The molecule has 2 fully saturated rings. The number of thioether (sulfide) groups is 1. The molecule has 1 aliphatic heterocycles. The van der Waals surface area contributed by atoms with E-state index in [0.717, 1.165) is 12.2 Å². The molecule has 1 saturated heterocycles. The average molecular weight is 410 g/mol. The first-order valence-electron chi connectivity index (χ1n) is 9.79. The third kappa shape index (κ3) is 3.37. The number of nitrogens with two attached hydrogens (primary N) is 1. The van der Waals surface area contributed by atoms with Crippen LogP contribution >= 0.6 is 11.8 Å². The van der Waals surface area contributed by atoms with E-state index in [9.17, 15) is 15.3 Å². The standard InChI is InChI=1S/C18H27N5O4S/c19-16-13-17(21-9-20-16)23(10-22-13)18(15(26)14(25)12(8-24)27-18)28-7-6-11-4-2-1-3-5-11/h9-12,14-15,24-26H,1-8H2,(H2,19,20,21)/t12-,14-,15-,18+/m1/s1. The summed E-state index contributed by atoms with van der Waals surface area (Å²) >= 11 is 1.41. The Hall–Kier alpha value is -1.46. The summed E-state index contributed by atoms with van der Waals surface area (Å²) in [6, 6.07) is 0. The van der Waals surface area contributed by atoms with Gasteiger partial charge >= 0.3 is 0 Å². The Morgan fingerprint density at radius 3 is 2.71 bits per heavy atom. The molecule has 5 N–H and O–H groups in total. The number of rotatable bonds is 6. The first-order valence-corrected chi connectivity index (χ1v) is 10.8. The molecule has 0 bridgehead atoms. The lowest BCUT2D eigenvalue weighted by Crippen LogP contribution is -2.43. The monoisotopic (exact) mass is 409 g/mol. The van der Waals surface area contributed by atoms with Crippen molar-refractivity contribution in [2.24, 2.45) is 5.92 Å². The molecule has 2 aliphatic rings. The van der Waals surface area contributed by atoms with E-state index in [1.165, 1.54) is 56.5 Å². The number of hydrogen-bond donors (Lipinski definition) is 4. The molecular formula is C18H27N5O4S. The van der Waals surface area contributed by atoms with Crippen LogP contribution in [-0.2, 0) is 9.79 Å². The molecule has 4 atom stereocenters. The highest BCUT2D eigenvalue weighted by atomic mass is 32.2. The van der Waals surface area contributed by atoms with Crippen LogP contribution in [0, 0.1) is 5.92 Å². The number of fused-ring (bicyclic) bond motifs is 1. The van der Waals surface area contributed by atoms with E-state index in [2.05, 4.69) is 15.0 Å². The summed E-state index contributed by atoms with van der Waals surface area (Å²) < 4.78 is 7.65. The minimum Gasteiger partial charge on any atom is -0.394 e. The molecule has 2 aromatic rings. The summed E-state index contributed by atoms with van der Waals surface area (Å²) in [5.74, 6) is 1.65. The van der Waals surface area contributed by atoms with Crippen LogP contribution in [-0.4, -0.2) is 65.5 Å². The molecule has 0 unspecified atom stereocenters. The van der Waals surface area contributed by atoms with Crippen LogP contribution in [0.4, 0.5) is 5.82 Å². The fraction of sp³-hybridized carbons (Fsp3) is 0.722. The largest absolute Gasteiger partial charge is 0.394 e. The molecule has 9 nitrogen and oxygen atoms in total. The Kier molecular flexibility index (Phi) is 5.75. The van der Waals surface area contributed by atoms with Gasteiger partial charge in [-0.2, -0.15) is 0 Å². The van der Waals surface area contributed by atoms with E-state index >= 15 is 0 Å². The van der Waals surface area contributed by atoms with Crippen LogP contribution < -0.4 is 5.73 Å². The van der Waals surface area contributed by atoms with Gasteiger partial charge < -0.3 is 25.8 Å². The van der Waals surface area contributed by atoms with E-state index in [-0.39, 0.29) is 5.82 Å². The second-order valence-electron chi connectivity index (χ2n) is 7.59. The molecule has 28 heavy (non-hydrogen) atoms. The predicted octanol–water partition coefficient (Wildman–Crippen LogP) is 0.835. The first kappa shape index (κ1) is 19.8. The zero-order chi connectivity index (χ0) is 19.7. The number of imidazole rings is 1. The lowest BCUT2D eigenvalue weighted by atomic mass is 9.88. The van der Waals surface area contributed by atoms with Gasteiger partial charge in [0, 0.05) is 0 Å². The smallest absolute Gasteiger partial charge is 0.225 e. The molecule has 10 heteroatoms. The minimum absolute atomic E-state index is 0.234. The van der Waals surface area contributed by atoms with Crippen LogP contribution in [0.5, 0.6) is 0 Å². The van der Waals surface area contributed by atoms with Gasteiger partial charge in [0.05, 0.1) is 6.61 Å². The Bertz CT molecular complexity index is 814. The fourth-order valence-corrected chi connectivity index (χ4v) is 5.76. The van der Waals surface area contributed by atoms with Crippen molar-refractivity contribution in [1.82, 2.24) is 19.5 Å². The van der Waals surface area contributed by atoms with E-state index < -0.39 is 30.0 Å². The van der Waals surface area contributed by atoms with Crippen molar-refractivity contribution >= 4 is 28.7 Å². The highest BCUT2D eigenvalue weighted by Gasteiger charge is 2.56. The highest BCUT2D eigenvalue weighted by Crippen LogP contribution is 2.46. The maximum atomic E-state index is 10.9. The van der Waals surface area contributed by atoms with Crippen molar-refractivity contribution in [1.29, 1.82) is 0 Å². The quantitative estimate of drug-likeness (QED) is 0.546. The summed E-state index contributed by atoms with van der Waals surface area (Å²) in [7, 11) is 0. The highest BCUT2D eigenvalue weighted by molar-refractivity contribution is 7.99. The summed E-state index contributed by atoms with van der Waals surface area (Å²) in [6.07, 6.45) is 6.78. The first-order chi connectivity index (χ1) is 13.6. The Morgan fingerprint density at radius 2 is 2.00 bits per heavy atom. The second kappa shape index (κ2) is 8.11. The molecule has 0 amide bonds. The van der Waals surface area contributed by atoms with Crippen LogP contribution in [0.3, 0.4) is 0 Å². The minimum atomic E-state index is -1.34. The van der Waals surface area contributed by atoms with Crippen molar-refractivity contribution < 1.29 is 20.1 Å². The van der Waals surface area contributed by atoms with E-state index in [1.807, 2.05) is 0 Å². The third-order valence-corrected chi connectivity index (χ3v) is 7.22. The SMILES string of the molecule is Nc1ncnc2c1ncn2[C@]1(SCCC2CCCCC2)O[C@H](CO)[C@@H](O)[C@H]1O. The summed E-state index contributed by atoms with van der Waals surface area (Å²) in [5, 5.41) is 29.6. The van der Waals surface area contributed by atoms with Crippen LogP contribution in [0.1, 0.15) is 38.5 Å². The number of nitrogens with zero attached hydrogens (tertiary/aromatic N) is 4. The van der Waals surface area contributed by atoms with Crippen LogP contribution in [0.2, 0.25) is 0 Å². The second-order valence-corrected chi connectivity index (χ2v) is 8.87. The molecule has 154 valence electrons. The summed E-state index contributed by atoms with van der Waals surface area (Å²) in [5.41, 5.74) is 6.73. The van der Waals surface area contributed by atoms with Crippen molar-refractivity contribution in [2.45, 2.75) is 61.9 Å². The van der Waals surface area contributed by atoms with Gasteiger partial charge in [-0.1, -0.05) is 32.1 Å². The number of nitrogen functional groups attached to an aromatic ring is 1. The number of hydrogen-bond acceptors (Lipinski definition) is 9. The Labute approximate surface area is 167 Å². The van der Waals surface area contributed by atoms with Gasteiger partial charge in [0.2, 0.25) is 5.06 Å². The number of aromatic nitrogens is 4. The van der Waals surface area contributed by atoms with Gasteiger partial charge in [-0.3, -0.25) is 4.57 Å². The van der Waals surface area contributed by atoms with Gasteiger partial charge in [0.15, 0.2) is 11.5 Å². The van der Waals surface area contributed by atoms with E-state index in [0.29, 0.717) is 17.1 Å². The maximum absolute atomic E-state index is 10.9. The lowest BCUT2D eigenvalue weighted by molar-refractivity contribution is -0.0776.